The van der Waals surface area contributed by atoms with E-state index in [1.807, 2.05) is 18.2 Å². The number of benzene rings is 1. The number of ether oxygens (including phenoxy) is 2. The van der Waals surface area contributed by atoms with Crippen molar-refractivity contribution in [3.8, 4) is 11.5 Å². The summed E-state index contributed by atoms with van der Waals surface area (Å²) in [6.07, 6.45) is 4.61. The number of hydrogen-bond acceptors (Lipinski definition) is 4. The van der Waals surface area contributed by atoms with Gasteiger partial charge in [-0.15, -0.1) is 0 Å². The molecular formula is C16H23NO3. The van der Waals surface area contributed by atoms with E-state index >= 15 is 0 Å². The molecule has 2 atom stereocenters. The van der Waals surface area contributed by atoms with Crippen molar-refractivity contribution in [2.75, 3.05) is 13.3 Å². The maximum atomic E-state index is 10.3. The molecule has 3 rings (SSSR count). The number of nitrogens with one attached hydrogen (secondary N) is 1. The maximum Gasteiger partial charge on any atom is 0.231 e. The number of hydrogen-bond donors (Lipinski definition) is 2. The lowest BCUT2D eigenvalue weighted by molar-refractivity contribution is 0.166. The molecule has 1 aliphatic carbocycles. The van der Waals surface area contributed by atoms with Gasteiger partial charge in [0, 0.05) is 12.6 Å². The van der Waals surface area contributed by atoms with Gasteiger partial charge < -0.3 is 19.9 Å². The Balaban J connectivity index is 1.53. The Labute approximate surface area is 120 Å². The van der Waals surface area contributed by atoms with Gasteiger partial charge in [0.2, 0.25) is 6.79 Å². The minimum absolute atomic E-state index is 0.270. The first-order valence-corrected chi connectivity index (χ1v) is 7.57. The fourth-order valence-electron chi connectivity index (χ4n) is 2.67. The van der Waals surface area contributed by atoms with E-state index < -0.39 is 6.10 Å². The van der Waals surface area contributed by atoms with Crippen LogP contribution in [0, 0.1) is 5.92 Å². The molecule has 1 aromatic rings. The highest BCUT2D eigenvalue weighted by Crippen LogP contribution is 2.35. The molecule has 1 heterocycles. The summed E-state index contributed by atoms with van der Waals surface area (Å²) in [6.45, 7) is 3.06. The predicted octanol–water partition coefficient (Wildman–Crippen LogP) is 2.62. The summed E-state index contributed by atoms with van der Waals surface area (Å²) in [5.74, 6) is 2.40. The van der Waals surface area contributed by atoms with Gasteiger partial charge in [-0.3, -0.25) is 0 Å². The summed E-state index contributed by atoms with van der Waals surface area (Å²) in [5, 5.41) is 13.8. The summed E-state index contributed by atoms with van der Waals surface area (Å²) in [7, 11) is 0. The Bertz CT molecular complexity index is 459. The van der Waals surface area contributed by atoms with Gasteiger partial charge in [0.1, 0.15) is 0 Å². The lowest BCUT2D eigenvalue weighted by atomic mass is 10.1. The van der Waals surface area contributed by atoms with E-state index in [1.165, 1.54) is 19.3 Å². The van der Waals surface area contributed by atoms with Crippen LogP contribution < -0.4 is 14.8 Å². The second-order valence-electron chi connectivity index (χ2n) is 5.82. The zero-order chi connectivity index (χ0) is 13.9. The first-order valence-electron chi connectivity index (χ1n) is 7.57. The Morgan fingerprint density at radius 3 is 2.85 bits per heavy atom. The molecule has 4 heteroatoms. The topological polar surface area (TPSA) is 50.7 Å². The van der Waals surface area contributed by atoms with Crippen molar-refractivity contribution in [3.05, 3.63) is 23.8 Å². The lowest BCUT2D eigenvalue weighted by Crippen LogP contribution is -2.32. The third kappa shape index (κ3) is 3.25. The molecule has 0 saturated heterocycles. The Hall–Kier alpha value is -1.26. The molecule has 0 amide bonds. The van der Waals surface area contributed by atoms with Crippen LogP contribution in [-0.4, -0.2) is 24.5 Å². The summed E-state index contributed by atoms with van der Waals surface area (Å²) < 4.78 is 10.6. The Morgan fingerprint density at radius 1 is 1.30 bits per heavy atom. The van der Waals surface area contributed by atoms with Gasteiger partial charge in [-0.05, 0) is 36.5 Å². The zero-order valence-electron chi connectivity index (χ0n) is 12.0. The third-order valence-corrected chi connectivity index (χ3v) is 4.19. The van der Waals surface area contributed by atoms with Crippen LogP contribution in [-0.2, 0) is 0 Å². The maximum absolute atomic E-state index is 10.3. The van der Waals surface area contributed by atoms with Crippen molar-refractivity contribution in [2.24, 2.45) is 5.92 Å². The molecule has 2 aliphatic rings. The summed E-state index contributed by atoms with van der Waals surface area (Å²) in [4.78, 5) is 0. The van der Waals surface area contributed by atoms with Crippen LogP contribution in [0.3, 0.4) is 0 Å². The predicted molar refractivity (Wildman–Crippen MR) is 76.9 cm³/mol. The zero-order valence-corrected chi connectivity index (χ0v) is 12.0. The van der Waals surface area contributed by atoms with Gasteiger partial charge in [-0.25, -0.2) is 0 Å². The molecular weight excluding hydrogens is 254 g/mol. The van der Waals surface area contributed by atoms with E-state index in [2.05, 4.69) is 12.2 Å². The molecule has 1 fully saturated rings. The Kier molecular flexibility index (Phi) is 4.13. The molecule has 1 saturated carbocycles. The number of rotatable bonds is 7. The number of fused-ring (bicyclic) bond motifs is 1. The summed E-state index contributed by atoms with van der Waals surface area (Å²) >= 11 is 0. The summed E-state index contributed by atoms with van der Waals surface area (Å²) in [6, 6.07) is 6.16. The van der Waals surface area contributed by atoms with Crippen molar-refractivity contribution in [1.82, 2.24) is 5.32 Å². The van der Waals surface area contributed by atoms with Gasteiger partial charge in [0.25, 0.3) is 0 Å². The molecule has 20 heavy (non-hydrogen) atoms. The highest BCUT2D eigenvalue weighted by molar-refractivity contribution is 5.45. The highest BCUT2D eigenvalue weighted by Gasteiger charge is 2.25. The van der Waals surface area contributed by atoms with E-state index in [9.17, 15) is 5.11 Å². The largest absolute Gasteiger partial charge is 0.454 e. The lowest BCUT2D eigenvalue weighted by Gasteiger charge is -2.19. The summed E-state index contributed by atoms with van der Waals surface area (Å²) in [5.41, 5.74) is 0.878. The van der Waals surface area contributed by atoms with Gasteiger partial charge in [0.15, 0.2) is 11.5 Å². The molecule has 0 radical (unpaired) electrons. The molecule has 4 nitrogen and oxygen atoms in total. The quantitative estimate of drug-likeness (QED) is 0.804. The number of aliphatic hydroxyl groups is 1. The van der Waals surface area contributed by atoms with Crippen molar-refractivity contribution in [1.29, 1.82) is 0 Å². The second kappa shape index (κ2) is 6.02. The molecule has 0 spiro atoms. The van der Waals surface area contributed by atoms with E-state index in [-0.39, 0.29) is 6.79 Å². The van der Waals surface area contributed by atoms with Crippen molar-refractivity contribution in [3.63, 3.8) is 0 Å². The van der Waals surface area contributed by atoms with Crippen LogP contribution in [0.1, 0.15) is 44.3 Å². The molecule has 0 bridgehead atoms. The molecule has 110 valence electrons. The van der Waals surface area contributed by atoms with Crippen LogP contribution >= 0.6 is 0 Å². The van der Waals surface area contributed by atoms with E-state index in [1.54, 1.807) is 0 Å². The average molecular weight is 277 g/mol. The van der Waals surface area contributed by atoms with Crippen molar-refractivity contribution >= 4 is 0 Å². The monoisotopic (exact) mass is 277 g/mol. The smallest absolute Gasteiger partial charge is 0.231 e. The standard InChI is InChI=1S/C16H23NO3/c1-2-13(7-11-3-4-11)17-9-14(18)12-5-6-15-16(8-12)20-10-19-15/h5-6,8,11,13-14,17-18H,2-4,7,9-10H2,1H3. The minimum atomic E-state index is -0.502. The minimum Gasteiger partial charge on any atom is -0.454 e. The van der Waals surface area contributed by atoms with Crippen LogP contribution in [0.5, 0.6) is 11.5 Å². The normalized spacial score (nSPS) is 19.9. The fourth-order valence-corrected chi connectivity index (χ4v) is 2.67. The van der Waals surface area contributed by atoms with Crippen LogP contribution in [0.15, 0.2) is 18.2 Å². The molecule has 2 unspecified atom stereocenters. The second-order valence-corrected chi connectivity index (χ2v) is 5.82. The molecule has 0 aromatic heterocycles. The van der Waals surface area contributed by atoms with Crippen LogP contribution in [0.4, 0.5) is 0 Å². The van der Waals surface area contributed by atoms with Gasteiger partial charge in [0.05, 0.1) is 6.10 Å². The highest BCUT2D eigenvalue weighted by atomic mass is 16.7. The first-order chi connectivity index (χ1) is 9.76. The molecule has 2 N–H and O–H groups in total. The third-order valence-electron chi connectivity index (χ3n) is 4.19. The first kappa shape index (κ1) is 13.7. The van der Waals surface area contributed by atoms with Crippen LogP contribution in [0.2, 0.25) is 0 Å². The van der Waals surface area contributed by atoms with Gasteiger partial charge in [-0.1, -0.05) is 25.8 Å². The van der Waals surface area contributed by atoms with Gasteiger partial charge >= 0.3 is 0 Å². The molecule has 1 aliphatic heterocycles. The molecule has 1 aromatic carbocycles. The van der Waals surface area contributed by atoms with E-state index in [0.717, 1.165) is 29.4 Å². The van der Waals surface area contributed by atoms with E-state index in [0.29, 0.717) is 12.6 Å². The van der Waals surface area contributed by atoms with Crippen molar-refractivity contribution in [2.45, 2.75) is 44.8 Å². The van der Waals surface area contributed by atoms with Crippen LogP contribution in [0.25, 0.3) is 0 Å². The number of aliphatic hydroxyl groups excluding tert-OH is 1. The SMILES string of the molecule is CCC(CC1CC1)NCC(O)c1ccc2c(c1)OCO2. The van der Waals surface area contributed by atoms with Gasteiger partial charge in [-0.2, -0.15) is 0 Å². The van der Waals surface area contributed by atoms with E-state index in [4.69, 9.17) is 9.47 Å². The Morgan fingerprint density at radius 2 is 2.10 bits per heavy atom. The average Bonchev–Trinajstić information content (AvgIpc) is 3.16. The fraction of sp³-hybridized carbons (Fsp3) is 0.625. The van der Waals surface area contributed by atoms with Crippen molar-refractivity contribution < 1.29 is 14.6 Å².